The van der Waals surface area contributed by atoms with Crippen LogP contribution in [0.4, 0.5) is 0 Å². The first-order valence-corrected chi connectivity index (χ1v) is 7.26. The summed E-state index contributed by atoms with van der Waals surface area (Å²) in [6, 6.07) is 2.14. The summed E-state index contributed by atoms with van der Waals surface area (Å²) in [5.74, 6) is 0.669. The molecule has 0 aliphatic rings. The Kier molecular flexibility index (Phi) is 5.53. The lowest BCUT2D eigenvalue weighted by Gasteiger charge is -2.27. The van der Waals surface area contributed by atoms with E-state index in [1.54, 1.807) is 18.5 Å². The van der Waals surface area contributed by atoms with Crippen LogP contribution in [0.5, 0.6) is 0 Å². The lowest BCUT2D eigenvalue weighted by Crippen LogP contribution is -2.49. The molecular weight excluding hydrogens is 276 g/mol. The number of nitrogens with two attached hydrogens (primary N) is 1. The van der Waals surface area contributed by atoms with Crippen LogP contribution in [-0.2, 0) is 18.4 Å². The average Bonchev–Trinajstić information content (AvgIpc) is 2.76. The molecule has 0 bridgehead atoms. The zero-order valence-corrected chi connectivity index (χ0v) is 13.0. The van der Waals surface area contributed by atoms with E-state index in [1.165, 1.54) is 11.8 Å². The number of nitrogens with one attached hydrogen (secondary N) is 1. The number of aromatic nitrogens is 3. The second kappa shape index (κ2) is 6.72. The molecule has 0 saturated carbocycles. The molecule has 110 valence electrons. The first-order chi connectivity index (χ1) is 9.34. The molecule has 8 heteroatoms. The first kappa shape index (κ1) is 16.5. The van der Waals surface area contributed by atoms with E-state index in [9.17, 15) is 4.79 Å². The van der Waals surface area contributed by atoms with Crippen LogP contribution in [0.25, 0.3) is 0 Å². The minimum atomic E-state index is -0.861. The van der Waals surface area contributed by atoms with Gasteiger partial charge >= 0.3 is 0 Å². The maximum Gasteiger partial charge on any atom is 0.231 e. The lowest BCUT2D eigenvalue weighted by atomic mass is 9.90. The number of carbonyl (C=O) groups is 1. The molecular formula is C12H20N6OS. The van der Waals surface area contributed by atoms with Crippen LogP contribution < -0.4 is 11.1 Å². The molecule has 0 saturated heterocycles. The molecule has 0 aromatic carbocycles. The molecule has 1 atom stereocenters. The van der Waals surface area contributed by atoms with Crippen molar-refractivity contribution in [2.75, 3.05) is 5.75 Å². The molecule has 0 radical (unpaired) electrons. The second-order valence-electron chi connectivity index (χ2n) is 4.97. The molecule has 20 heavy (non-hydrogen) atoms. The van der Waals surface area contributed by atoms with Crippen molar-refractivity contribution in [2.45, 2.75) is 38.0 Å². The van der Waals surface area contributed by atoms with Crippen molar-refractivity contribution >= 4 is 17.7 Å². The van der Waals surface area contributed by atoms with Crippen molar-refractivity contribution in [3.8, 4) is 6.07 Å². The van der Waals surface area contributed by atoms with Gasteiger partial charge in [-0.25, -0.2) is 0 Å². The molecule has 1 heterocycles. The molecule has 1 unspecified atom stereocenters. The standard InChI is InChI=1S/C12H20N6OS/c1-8(2)12(3,7-14)15-10(19)6-20-11-17-16-9(5-13)18(11)4/h8H,5-6,13H2,1-4H3,(H,15,19). The van der Waals surface area contributed by atoms with Crippen molar-refractivity contribution in [1.82, 2.24) is 20.1 Å². The topological polar surface area (TPSA) is 110 Å². The molecule has 0 spiro atoms. The minimum Gasteiger partial charge on any atom is -0.337 e. The van der Waals surface area contributed by atoms with E-state index in [0.29, 0.717) is 17.5 Å². The van der Waals surface area contributed by atoms with Gasteiger partial charge in [-0.05, 0) is 12.8 Å². The summed E-state index contributed by atoms with van der Waals surface area (Å²) in [7, 11) is 1.80. The van der Waals surface area contributed by atoms with Gasteiger partial charge in [-0.1, -0.05) is 25.6 Å². The average molecular weight is 296 g/mol. The highest BCUT2D eigenvalue weighted by molar-refractivity contribution is 7.99. The molecule has 1 amide bonds. The molecule has 0 aliphatic carbocycles. The van der Waals surface area contributed by atoms with Gasteiger partial charge < -0.3 is 15.6 Å². The molecule has 0 aliphatic heterocycles. The lowest BCUT2D eigenvalue weighted by molar-refractivity contribution is -0.120. The maximum absolute atomic E-state index is 11.9. The maximum atomic E-state index is 11.9. The fourth-order valence-corrected chi connectivity index (χ4v) is 2.14. The van der Waals surface area contributed by atoms with Crippen molar-refractivity contribution in [2.24, 2.45) is 18.7 Å². The van der Waals surface area contributed by atoms with Crippen molar-refractivity contribution in [3.63, 3.8) is 0 Å². The van der Waals surface area contributed by atoms with E-state index in [-0.39, 0.29) is 17.6 Å². The van der Waals surface area contributed by atoms with E-state index in [2.05, 4.69) is 21.6 Å². The second-order valence-corrected chi connectivity index (χ2v) is 5.91. The van der Waals surface area contributed by atoms with Crippen molar-refractivity contribution < 1.29 is 4.79 Å². The molecule has 1 rings (SSSR count). The zero-order valence-electron chi connectivity index (χ0n) is 12.2. The Morgan fingerprint density at radius 1 is 1.60 bits per heavy atom. The monoisotopic (exact) mass is 296 g/mol. The van der Waals surface area contributed by atoms with Crippen molar-refractivity contribution in [3.05, 3.63) is 5.82 Å². The first-order valence-electron chi connectivity index (χ1n) is 6.27. The Balaban J connectivity index is 2.60. The summed E-state index contributed by atoms with van der Waals surface area (Å²) >= 11 is 1.27. The number of hydrogen-bond donors (Lipinski definition) is 2. The highest BCUT2D eigenvalue weighted by atomic mass is 32.2. The van der Waals surface area contributed by atoms with Gasteiger partial charge in [0.2, 0.25) is 5.91 Å². The van der Waals surface area contributed by atoms with Gasteiger partial charge in [0.15, 0.2) is 5.16 Å². The fourth-order valence-electron chi connectivity index (χ4n) is 1.41. The van der Waals surface area contributed by atoms with Crippen LogP contribution in [0.15, 0.2) is 5.16 Å². The van der Waals surface area contributed by atoms with E-state index < -0.39 is 5.54 Å². The van der Waals surface area contributed by atoms with Gasteiger partial charge in [-0.15, -0.1) is 10.2 Å². The third-order valence-electron chi connectivity index (χ3n) is 3.23. The van der Waals surface area contributed by atoms with Gasteiger partial charge in [0.05, 0.1) is 18.4 Å². The Morgan fingerprint density at radius 2 is 2.25 bits per heavy atom. The van der Waals surface area contributed by atoms with E-state index in [1.807, 2.05) is 13.8 Å². The van der Waals surface area contributed by atoms with Crippen LogP contribution in [0.1, 0.15) is 26.6 Å². The number of nitrogens with zero attached hydrogens (tertiary/aromatic N) is 4. The SMILES string of the molecule is CC(C)C(C)(C#N)NC(=O)CSc1nnc(CN)n1C. The van der Waals surface area contributed by atoms with Crippen LogP contribution in [0, 0.1) is 17.2 Å². The number of thioether (sulfide) groups is 1. The Bertz CT molecular complexity index is 521. The summed E-state index contributed by atoms with van der Waals surface area (Å²) in [6.45, 7) is 5.81. The summed E-state index contributed by atoms with van der Waals surface area (Å²) in [5.41, 5.74) is 4.65. The van der Waals surface area contributed by atoms with Gasteiger partial charge in [0, 0.05) is 7.05 Å². The van der Waals surface area contributed by atoms with Crippen LogP contribution in [0.3, 0.4) is 0 Å². The summed E-state index contributed by atoms with van der Waals surface area (Å²) < 4.78 is 1.75. The minimum absolute atomic E-state index is 0.0279. The van der Waals surface area contributed by atoms with E-state index in [0.717, 1.165) is 0 Å². The largest absolute Gasteiger partial charge is 0.337 e. The van der Waals surface area contributed by atoms with Crippen molar-refractivity contribution in [1.29, 1.82) is 5.26 Å². The number of hydrogen-bond acceptors (Lipinski definition) is 6. The fraction of sp³-hybridized carbons (Fsp3) is 0.667. The molecule has 7 nitrogen and oxygen atoms in total. The van der Waals surface area contributed by atoms with Crippen LogP contribution >= 0.6 is 11.8 Å². The summed E-state index contributed by atoms with van der Waals surface area (Å²) in [4.78, 5) is 11.9. The van der Waals surface area contributed by atoms with E-state index >= 15 is 0 Å². The molecule has 3 N–H and O–H groups in total. The predicted molar refractivity (Wildman–Crippen MR) is 76.6 cm³/mol. The smallest absolute Gasteiger partial charge is 0.231 e. The van der Waals surface area contributed by atoms with Gasteiger partial charge in [0.1, 0.15) is 11.4 Å². The molecule has 1 aromatic heterocycles. The molecule has 1 aromatic rings. The Hall–Kier alpha value is -1.59. The number of nitriles is 1. The third-order valence-corrected chi connectivity index (χ3v) is 4.25. The zero-order chi connectivity index (χ0) is 15.3. The van der Waals surface area contributed by atoms with E-state index in [4.69, 9.17) is 11.0 Å². The normalized spacial score (nSPS) is 13.8. The van der Waals surface area contributed by atoms with Gasteiger partial charge in [-0.2, -0.15) is 5.26 Å². The quantitative estimate of drug-likeness (QED) is 0.736. The Labute approximate surface area is 122 Å². The highest BCUT2D eigenvalue weighted by Gasteiger charge is 2.29. The highest BCUT2D eigenvalue weighted by Crippen LogP contribution is 2.18. The number of carbonyl (C=O) groups excluding carboxylic acids is 1. The number of amides is 1. The predicted octanol–water partition coefficient (Wildman–Crippen LogP) is 0.420. The third kappa shape index (κ3) is 3.71. The Morgan fingerprint density at radius 3 is 2.70 bits per heavy atom. The van der Waals surface area contributed by atoms with Gasteiger partial charge in [0.25, 0.3) is 0 Å². The summed E-state index contributed by atoms with van der Waals surface area (Å²) in [6.07, 6.45) is 0. The molecule has 0 fully saturated rings. The van der Waals surface area contributed by atoms with Gasteiger partial charge in [-0.3, -0.25) is 4.79 Å². The summed E-state index contributed by atoms with van der Waals surface area (Å²) in [5, 5.41) is 20.4. The number of rotatable bonds is 6. The van der Waals surface area contributed by atoms with Crippen LogP contribution in [0.2, 0.25) is 0 Å². The van der Waals surface area contributed by atoms with Crippen LogP contribution in [-0.4, -0.2) is 32.0 Å².